The summed E-state index contributed by atoms with van der Waals surface area (Å²) in [6.07, 6.45) is 18.9. The van der Waals surface area contributed by atoms with Crippen molar-refractivity contribution in [3.63, 3.8) is 0 Å². The topological polar surface area (TPSA) is 341 Å². The van der Waals surface area contributed by atoms with Gasteiger partial charge in [-0.05, 0) is 166 Å². The van der Waals surface area contributed by atoms with E-state index in [0.717, 1.165) is 152 Å². The number of hydrogen-bond acceptors (Lipinski definition) is 30. The molecule has 2 aliphatic carbocycles. The molecule has 0 aromatic rings. The van der Waals surface area contributed by atoms with Crippen molar-refractivity contribution in [1.82, 2.24) is 0 Å². The molecular weight excluding hydrogens is 1390 g/mol. The first-order valence-electron chi connectivity index (χ1n) is 36.6. The van der Waals surface area contributed by atoms with Gasteiger partial charge in [-0.2, -0.15) is 0 Å². The van der Waals surface area contributed by atoms with E-state index in [1.165, 1.54) is 25.7 Å². The Labute approximate surface area is 614 Å². The lowest BCUT2D eigenvalue weighted by Crippen LogP contribution is -2.44. The van der Waals surface area contributed by atoms with Crippen LogP contribution < -0.4 is 0 Å². The van der Waals surface area contributed by atoms with Crippen LogP contribution in [0, 0.1) is 11.3 Å². The summed E-state index contributed by atoms with van der Waals surface area (Å²) in [6.45, 7) is 25.7. The maximum Gasteiger partial charge on any atom is 0.178 e. The average Bonchev–Trinajstić information content (AvgIpc) is 1.82. The highest BCUT2D eigenvalue weighted by molar-refractivity contribution is 8.01. The monoisotopic (exact) mass is 1520 g/mol. The van der Waals surface area contributed by atoms with Crippen molar-refractivity contribution in [2.45, 2.75) is 270 Å². The van der Waals surface area contributed by atoms with E-state index in [0.29, 0.717) is 123 Å². The van der Waals surface area contributed by atoms with E-state index in [1.807, 2.05) is 34.6 Å². The Balaban J connectivity index is 0.000000287. The minimum Gasteiger partial charge on any atom is -0.380 e. The van der Waals surface area contributed by atoms with Gasteiger partial charge in [0.2, 0.25) is 0 Å². The van der Waals surface area contributed by atoms with Crippen LogP contribution in [0.25, 0.3) is 0 Å². The molecule has 17 atom stereocenters. The van der Waals surface area contributed by atoms with Crippen molar-refractivity contribution in [2.75, 3.05) is 155 Å². The molecule has 12 aliphatic rings. The summed E-state index contributed by atoms with van der Waals surface area (Å²) < 4.78 is 77.0. The molecule has 10 N–H and O–H groups in total. The number of fused-ring (bicyclic) bond motifs is 2. The zero-order chi connectivity index (χ0) is 72.4. The number of hydrogen-bond donors (Lipinski definition) is 10. The van der Waals surface area contributed by atoms with Crippen LogP contribution in [-0.2, 0) is 71.1 Å². The molecule has 25 nitrogen and oxygen atoms in total. The van der Waals surface area contributed by atoms with Gasteiger partial charge in [-0.3, -0.25) is 0 Å². The fourth-order valence-electron chi connectivity index (χ4n) is 10.7. The SMILES string of the molecule is CC1(C)COCC(O)OC1.CC1CCCOCC(O)S1.CC1CCCSC(O)CO1.CC1CCOC(O)CO1.CC1CCOCC(O)O1.CC1COCC(O)OC1.OC12CCCC1OCCCCS2.OC12CCCCC1OCCCCS2.OC1COCCCCS1.OC1COCCCO1. The second-order valence-electron chi connectivity index (χ2n) is 27.1. The molecule has 30 heteroatoms. The fourth-order valence-corrected chi connectivity index (χ4v) is 16.0. The molecule has 0 aromatic heterocycles. The Morgan fingerprint density at radius 2 is 0.828 bits per heavy atom. The summed E-state index contributed by atoms with van der Waals surface area (Å²) in [5.74, 6) is 4.73. The summed E-state index contributed by atoms with van der Waals surface area (Å²) in [4.78, 5) is -1.10. The van der Waals surface area contributed by atoms with E-state index in [-0.39, 0.29) is 46.1 Å². The zero-order valence-corrected chi connectivity index (χ0v) is 65.0. The second kappa shape index (κ2) is 57.8. The van der Waals surface area contributed by atoms with Crippen molar-refractivity contribution < 1.29 is 122 Å². The van der Waals surface area contributed by atoms with E-state index in [4.69, 9.17) is 107 Å². The van der Waals surface area contributed by atoms with E-state index in [1.54, 1.807) is 58.8 Å². The Hall–Kier alpha value is 0.750. The Morgan fingerprint density at radius 3 is 1.56 bits per heavy atom. The van der Waals surface area contributed by atoms with Gasteiger partial charge >= 0.3 is 0 Å². The molecule has 10 heterocycles. The lowest BCUT2D eigenvalue weighted by Gasteiger charge is -2.40. The Kier molecular flexibility index (Phi) is 54.9. The standard InChI is InChI=1S/C10H18O2S.C9H16O2S.C7H14O3.2C7H14O2S.3C6H12O3.C6H12O2S.C5H10O3/c11-10-6-2-1-5-9(10)12-7-3-4-8-13-10;10-9-5-3-4-8(9)11-6-1-2-7-12-9;1-7(2)4-9-3-6(8)10-5-7;1-6-3-2-4-10-7(8)5-9-6;1-6-3-2-4-9-5-7(8)10-6;1-5-2-8-4-6(7)9-3-5;1-5-2-3-8-6(7)4-9-5;1-5-2-3-8-4-6(7)9-5;7-6-5-8-3-1-2-4-9-6;6-5-4-7-2-1-3-8-5/h9,11H,1-8H2;8,10H,1-7H2;6,8H,3-5H2,1-2H3;2*6-8H,2-5H2,1H3;3*5-7H,2-4H2,1H3;6-7H,1-5H2;5-6H,1-4H2. The first kappa shape index (κ1) is 94.0. The highest BCUT2D eigenvalue weighted by atomic mass is 32.2. The van der Waals surface area contributed by atoms with Gasteiger partial charge in [-0.15, -0.1) is 58.8 Å². The molecule has 10 saturated heterocycles. The molecule has 0 radical (unpaired) electrons. The summed E-state index contributed by atoms with van der Waals surface area (Å²) in [6, 6.07) is 0. The van der Waals surface area contributed by atoms with Crippen LogP contribution in [0.1, 0.15) is 177 Å². The first-order valence-corrected chi connectivity index (χ1v) is 41.6. The van der Waals surface area contributed by atoms with Crippen LogP contribution in [0.15, 0.2) is 0 Å². The van der Waals surface area contributed by atoms with Gasteiger partial charge in [0.05, 0.1) is 123 Å². The maximum absolute atomic E-state index is 10.3. The summed E-state index contributed by atoms with van der Waals surface area (Å²) >= 11 is 8.19. The van der Waals surface area contributed by atoms with Gasteiger partial charge in [0.1, 0.15) is 26.2 Å². The average molecular weight is 1520 g/mol. The zero-order valence-electron chi connectivity index (χ0n) is 60.9. The summed E-state index contributed by atoms with van der Waals surface area (Å²) in [5.41, 5.74) is -0.861. The highest BCUT2D eigenvalue weighted by Crippen LogP contribution is 2.43. The van der Waals surface area contributed by atoms with Crippen molar-refractivity contribution >= 4 is 58.8 Å². The van der Waals surface area contributed by atoms with Gasteiger partial charge in [0.15, 0.2) is 31.5 Å². The molecule has 0 aromatic carbocycles. The first-order chi connectivity index (χ1) is 47.5. The number of ether oxygens (including phenoxy) is 15. The smallest absolute Gasteiger partial charge is 0.178 e. The van der Waals surface area contributed by atoms with Crippen LogP contribution in [0.2, 0.25) is 0 Å². The molecule has 99 heavy (non-hydrogen) atoms. The predicted molar refractivity (Wildman–Crippen MR) is 390 cm³/mol. The van der Waals surface area contributed by atoms with Crippen LogP contribution in [0.5, 0.6) is 0 Å². The van der Waals surface area contributed by atoms with Crippen LogP contribution in [0.4, 0.5) is 0 Å². The molecule has 17 unspecified atom stereocenters. The number of aliphatic hydroxyl groups excluding tert-OH is 8. The third-order valence-corrected chi connectivity index (χ3v) is 22.6. The molecule has 10 aliphatic heterocycles. The summed E-state index contributed by atoms with van der Waals surface area (Å²) in [5, 5.41) is 92.9. The van der Waals surface area contributed by atoms with Gasteiger partial charge < -0.3 is 122 Å². The molecule has 12 fully saturated rings. The number of thioether (sulfide) groups is 5. The van der Waals surface area contributed by atoms with Gasteiger partial charge in [-0.25, -0.2) is 0 Å². The van der Waals surface area contributed by atoms with Crippen LogP contribution in [-0.4, -0.2) is 300 Å². The fraction of sp³-hybridized carbons (Fsp3) is 1.00. The summed E-state index contributed by atoms with van der Waals surface area (Å²) in [7, 11) is 0. The maximum atomic E-state index is 10.3. The van der Waals surface area contributed by atoms with Gasteiger partial charge in [-0.1, -0.05) is 34.1 Å². The normalized spacial score (nSPS) is 37.2. The molecule has 0 spiro atoms. The molecular formula is C69H134O25S5. The molecule has 12 rings (SSSR count). The minimum absolute atomic E-state index is 0.0392. The van der Waals surface area contributed by atoms with E-state index in [2.05, 4.69) is 13.8 Å². The molecule has 0 bridgehead atoms. The highest BCUT2D eigenvalue weighted by Gasteiger charge is 2.43. The Morgan fingerprint density at radius 1 is 0.323 bits per heavy atom. The number of rotatable bonds is 0. The van der Waals surface area contributed by atoms with Crippen molar-refractivity contribution in [3.8, 4) is 0 Å². The predicted octanol–water partition coefficient (Wildman–Crippen LogP) is 7.62. The van der Waals surface area contributed by atoms with E-state index in [9.17, 15) is 15.3 Å². The van der Waals surface area contributed by atoms with Gasteiger partial charge in [0, 0.05) is 56.2 Å². The van der Waals surface area contributed by atoms with Crippen molar-refractivity contribution in [1.29, 1.82) is 0 Å². The largest absolute Gasteiger partial charge is 0.380 e. The van der Waals surface area contributed by atoms with Crippen molar-refractivity contribution in [3.05, 3.63) is 0 Å². The molecule has 590 valence electrons. The second-order valence-corrected chi connectivity index (χ2v) is 34.1. The quantitative estimate of drug-likeness (QED) is 0.111. The minimum atomic E-state index is -0.734. The number of aliphatic hydroxyl groups is 10. The van der Waals surface area contributed by atoms with Crippen LogP contribution in [0.3, 0.4) is 0 Å². The molecule has 2 saturated carbocycles. The van der Waals surface area contributed by atoms with E-state index >= 15 is 0 Å². The lowest BCUT2D eigenvalue weighted by atomic mass is 9.94. The van der Waals surface area contributed by atoms with Crippen molar-refractivity contribution in [2.24, 2.45) is 11.3 Å². The third-order valence-electron chi connectivity index (χ3n) is 16.4. The molecule has 0 amide bonds. The van der Waals surface area contributed by atoms with Crippen LogP contribution >= 0.6 is 58.8 Å². The lowest BCUT2D eigenvalue weighted by molar-refractivity contribution is -0.138. The Bertz CT molecular complexity index is 1780. The van der Waals surface area contributed by atoms with E-state index < -0.39 is 41.3 Å². The van der Waals surface area contributed by atoms with Gasteiger partial charge in [0.25, 0.3) is 0 Å². The third kappa shape index (κ3) is 49.4.